The minimum absolute atomic E-state index is 0.0210. The van der Waals surface area contributed by atoms with E-state index in [9.17, 15) is 18.0 Å². The summed E-state index contributed by atoms with van der Waals surface area (Å²) in [6.45, 7) is 1.90. The number of para-hydroxylation sites is 1. The molecule has 174 valence electrons. The minimum atomic E-state index is -0.931. The molecule has 2 heterocycles. The van der Waals surface area contributed by atoms with Crippen LogP contribution in [0.4, 0.5) is 35.4 Å². The van der Waals surface area contributed by atoms with Crippen LogP contribution >= 0.6 is 0 Å². The molecule has 4 rings (SSSR count). The molecule has 1 aliphatic rings. The SMILES string of the molecule is Cc1cc(F)ccc1-c1nc(N)nc2c1CNC(=O)N2c1c(F)cccc1F.OCCCO. The topological polar surface area (TPSA) is 125 Å². The van der Waals surface area contributed by atoms with Crippen LogP contribution < -0.4 is 16.0 Å². The number of nitrogens with one attached hydrogen (secondary N) is 1. The number of amides is 2. The van der Waals surface area contributed by atoms with Crippen molar-refractivity contribution in [2.45, 2.75) is 19.9 Å². The molecule has 0 radical (unpaired) electrons. The molecule has 33 heavy (non-hydrogen) atoms. The Labute approximate surface area is 187 Å². The van der Waals surface area contributed by atoms with Gasteiger partial charge in [0.05, 0.1) is 12.2 Å². The molecular formula is C22H22F3N5O3. The second kappa shape index (κ2) is 10.3. The standard InChI is InChI=1S/C19H14F3N5O.C3H8O2/c1-9-7-10(20)5-6-11(9)15-12-8-24-19(28)27(17(12)26-18(23)25-15)16-13(21)3-2-4-14(16)22;4-2-1-3-5/h2-7H,8H2,1H3,(H,24,28)(H2,23,25,26);4-5H,1-3H2. The highest BCUT2D eigenvalue weighted by molar-refractivity contribution is 6.02. The number of nitrogens with two attached hydrogens (primary N) is 1. The molecule has 0 fully saturated rings. The lowest BCUT2D eigenvalue weighted by Crippen LogP contribution is -2.43. The van der Waals surface area contributed by atoms with Gasteiger partial charge < -0.3 is 21.3 Å². The van der Waals surface area contributed by atoms with Crippen molar-refractivity contribution in [3.8, 4) is 11.3 Å². The van der Waals surface area contributed by atoms with Crippen LogP contribution in [0.25, 0.3) is 11.3 Å². The number of benzene rings is 2. The van der Waals surface area contributed by atoms with Crippen molar-refractivity contribution >= 4 is 23.5 Å². The zero-order valence-electron chi connectivity index (χ0n) is 17.6. The Kier molecular flexibility index (Phi) is 7.46. The Bertz CT molecular complexity index is 1150. The van der Waals surface area contributed by atoms with E-state index in [1.807, 2.05) is 0 Å². The molecule has 2 aromatic carbocycles. The predicted molar refractivity (Wildman–Crippen MR) is 116 cm³/mol. The molecule has 0 saturated heterocycles. The minimum Gasteiger partial charge on any atom is -0.396 e. The third-order valence-corrected chi connectivity index (χ3v) is 4.75. The number of hydrogen-bond acceptors (Lipinski definition) is 6. The first-order valence-electron chi connectivity index (χ1n) is 9.95. The number of hydrogen-bond donors (Lipinski definition) is 4. The lowest BCUT2D eigenvalue weighted by molar-refractivity contribution is 0.221. The maximum Gasteiger partial charge on any atom is 0.328 e. The fraction of sp³-hybridized carbons (Fsp3) is 0.227. The van der Waals surface area contributed by atoms with E-state index in [-0.39, 0.29) is 31.5 Å². The average Bonchev–Trinajstić information content (AvgIpc) is 2.75. The van der Waals surface area contributed by atoms with E-state index in [2.05, 4.69) is 15.3 Å². The summed E-state index contributed by atoms with van der Waals surface area (Å²) < 4.78 is 42.2. The van der Waals surface area contributed by atoms with E-state index < -0.39 is 29.2 Å². The number of carbonyl (C=O) groups excluding carboxylic acids is 1. The number of aliphatic hydroxyl groups excluding tert-OH is 2. The number of anilines is 3. The summed E-state index contributed by atoms with van der Waals surface area (Å²) in [4.78, 5) is 21.5. The molecule has 0 unspecified atom stereocenters. The van der Waals surface area contributed by atoms with Crippen molar-refractivity contribution in [1.82, 2.24) is 15.3 Å². The molecule has 8 nitrogen and oxygen atoms in total. The first-order valence-corrected chi connectivity index (χ1v) is 9.95. The summed E-state index contributed by atoms with van der Waals surface area (Å²) in [6, 6.07) is 6.63. The normalized spacial score (nSPS) is 12.5. The number of nitrogens with zero attached hydrogens (tertiary/aromatic N) is 3. The number of urea groups is 1. The lowest BCUT2D eigenvalue weighted by Gasteiger charge is -2.30. The van der Waals surface area contributed by atoms with E-state index in [0.29, 0.717) is 28.8 Å². The molecule has 0 bridgehead atoms. The van der Waals surface area contributed by atoms with Crippen molar-refractivity contribution in [3.05, 3.63) is 65.0 Å². The van der Waals surface area contributed by atoms with E-state index >= 15 is 0 Å². The molecule has 1 aliphatic heterocycles. The van der Waals surface area contributed by atoms with Crippen LogP contribution in [0.5, 0.6) is 0 Å². The summed E-state index contributed by atoms with van der Waals surface area (Å²) >= 11 is 0. The Morgan fingerprint density at radius 2 is 1.76 bits per heavy atom. The van der Waals surface area contributed by atoms with Gasteiger partial charge in [0, 0.05) is 24.3 Å². The second-order valence-corrected chi connectivity index (χ2v) is 7.06. The maximum absolute atomic E-state index is 14.4. The number of aliphatic hydroxyl groups is 2. The summed E-state index contributed by atoms with van der Waals surface area (Å²) in [7, 11) is 0. The fourth-order valence-corrected chi connectivity index (χ4v) is 3.27. The monoisotopic (exact) mass is 461 g/mol. The van der Waals surface area contributed by atoms with E-state index in [0.717, 1.165) is 17.0 Å². The number of nitrogen functional groups attached to an aromatic ring is 1. The molecule has 3 aromatic rings. The van der Waals surface area contributed by atoms with Crippen LogP contribution in [0.15, 0.2) is 36.4 Å². The van der Waals surface area contributed by atoms with Crippen LogP contribution in [0.3, 0.4) is 0 Å². The average molecular weight is 461 g/mol. The molecule has 0 atom stereocenters. The van der Waals surface area contributed by atoms with Gasteiger partial charge in [0.25, 0.3) is 0 Å². The Morgan fingerprint density at radius 1 is 1.09 bits per heavy atom. The number of rotatable bonds is 4. The molecule has 5 N–H and O–H groups in total. The maximum atomic E-state index is 14.4. The molecular weight excluding hydrogens is 439 g/mol. The van der Waals surface area contributed by atoms with E-state index in [1.54, 1.807) is 6.92 Å². The molecule has 1 aromatic heterocycles. The molecule has 0 spiro atoms. The highest BCUT2D eigenvalue weighted by Crippen LogP contribution is 2.38. The summed E-state index contributed by atoms with van der Waals surface area (Å²) in [6.07, 6.45) is 0.500. The summed E-state index contributed by atoms with van der Waals surface area (Å²) in [5.74, 6) is -2.49. The van der Waals surface area contributed by atoms with Gasteiger partial charge in [-0.25, -0.2) is 27.8 Å². The van der Waals surface area contributed by atoms with Crippen LogP contribution in [0, 0.1) is 24.4 Å². The first kappa shape index (κ1) is 24.0. The number of halogens is 3. The first-order chi connectivity index (χ1) is 15.8. The van der Waals surface area contributed by atoms with Crippen molar-refractivity contribution in [2.75, 3.05) is 23.8 Å². The third-order valence-electron chi connectivity index (χ3n) is 4.75. The zero-order valence-corrected chi connectivity index (χ0v) is 17.6. The number of fused-ring (bicyclic) bond motifs is 1. The van der Waals surface area contributed by atoms with Crippen LogP contribution in [-0.2, 0) is 6.54 Å². The van der Waals surface area contributed by atoms with Crippen LogP contribution in [0.1, 0.15) is 17.5 Å². The van der Waals surface area contributed by atoms with Crippen LogP contribution in [-0.4, -0.2) is 39.4 Å². The third kappa shape index (κ3) is 5.04. The van der Waals surface area contributed by atoms with Crippen molar-refractivity contribution in [2.24, 2.45) is 0 Å². The van der Waals surface area contributed by atoms with Gasteiger partial charge in [-0.3, -0.25) is 0 Å². The highest BCUT2D eigenvalue weighted by Gasteiger charge is 2.33. The van der Waals surface area contributed by atoms with Gasteiger partial charge in [0.2, 0.25) is 5.95 Å². The molecule has 11 heteroatoms. The zero-order chi connectivity index (χ0) is 24.1. The Balaban J connectivity index is 0.000000555. The molecule has 0 saturated carbocycles. The lowest BCUT2D eigenvalue weighted by atomic mass is 10.00. The van der Waals surface area contributed by atoms with E-state index in [4.69, 9.17) is 15.9 Å². The van der Waals surface area contributed by atoms with Gasteiger partial charge in [-0.2, -0.15) is 4.98 Å². The van der Waals surface area contributed by atoms with Gasteiger partial charge in [0.15, 0.2) is 5.82 Å². The van der Waals surface area contributed by atoms with Crippen molar-refractivity contribution in [3.63, 3.8) is 0 Å². The quantitative estimate of drug-likeness (QED) is 0.473. The van der Waals surface area contributed by atoms with Gasteiger partial charge in [-0.1, -0.05) is 6.07 Å². The molecule has 2 amide bonds. The largest absolute Gasteiger partial charge is 0.396 e. The summed E-state index contributed by atoms with van der Waals surface area (Å²) in [5, 5.41) is 18.4. The number of aromatic nitrogens is 2. The van der Waals surface area contributed by atoms with Gasteiger partial charge in [-0.05, 0) is 49.2 Å². The number of carbonyl (C=O) groups is 1. The molecule has 0 aliphatic carbocycles. The number of aryl methyl sites for hydroxylation is 1. The van der Waals surface area contributed by atoms with Crippen LogP contribution in [0.2, 0.25) is 0 Å². The smallest absolute Gasteiger partial charge is 0.328 e. The van der Waals surface area contributed by atoms with Gasteiger partial charge >= 0.3 is 6.03 Å². The van der Waals surface area contributed by atoms with Crippen molar-refractivity contribution in [1.29, 1.82) is 0 Å². The van der Waals surface area contributed by atoms with E-state index in [1.165, 1.54) is 24.3 Å². The van der Waals surface area contributed by atoms with Gasteiger partial charge in [-0.15, -0.1) is 0 Å². The second-order valence-electron chi connectivity index (χ2n) is 7.06. The predicted octanol–water partition coefficient (Wildman–Crippen LogP) is 3.17. The summed E-state index contributed by atoms with van der Waals surface area (Å²) in [5.41, 5.74) is 7.16. The van der Waals surface area contributed by atoms with Crippen molar-refractivity contribution < 1.29 is 28.2 Å². The Morgan fingerprint density at radius 3 is 2.33 bits per heavy atom. The fourth-order valence-electron chi connectivity index (χ4n) is 3.27. The van der Waals surface area contributed by atoms with Gasteiger partial charge in [0.1, 0.15) is 23.1 Å². The highest BCUT2D eigenvalue weighted by atomic mass is 19.1. The Hall–Kier alpha value is -3.70.